The van der Waals surface area contributed by atoms with Crippen LogP contribution in [0.3, 0.4) is 0 Å². The zero-order valence-electron chi connectivity index (χ0n) is 24.3. The summed E-state index contributed by atoms with van der Waals surface area (Å²) in [6, 6.07) is 4.05. The molecule has 3 aromatic rings. The molecule has 2 amide bonds. The molecule has 0 radical (unpaired) electrons. The van der Waals surface area contributed by atoms with E-state index in [1.165, 1.54) is 19.9 Å². The van der Waals surface area contributed by atoms with Crippen molar-refractivity contribution >= 4 is 34.3 Å². The van der Waals surface area contributed by atoms with Gasteiger partial charge in [0.05, 0.1) is 19.2 Å². The van der Waals surface area contributed by atoms with Gasteiger partial charge in [0, 0.05) is 31.1 Å². The second kappa shape index (κ2) is 11.9. The van der Waals surface area contributed by atoms with E-state index < -0.39 is 17.2 Å². The average molecular weight is 540 g/mol. The van der Waals surface area contributed by atoms with Gasteiger partial charge in [0.15, 0.2) is 5.69 Å². The molecule has 0 bridgehead atoms. The molecule has 212 valence electrons. The zero-order valence-corrected chi connectivity index (χ0v) is 24.3. The van der Waals surface area contributed by atoms with Crippen LogP contribution in [0.4, 0.5) is 11.5 Å². The maximum absolute atomic E-state index is 13.5. The Kier molecular flexibility index (Phi) is 9.09. The van der Waals surface area contributed by atoms with Crippen LogP contribution in [0.25, 0.3) is 11.0 Å². The molecular weight excluding hydrogens is 498 g/mol. The number of aromatic nitrogens is 2. The van der Waals surface area contributed by atoms with Gasteiger partial charge in [-0.3, -0.25) is 23.9 Å². The number of fused-ring (bicyclic) bond motifs is 1. The molecule has 0 aliphatic heterocycles. The highest BCUT2D eigenvalue weighted by Crippen LogP contribution is 2.29. The predicted octanol–water partition coefficient (Wildman–Crippen LogP) is 3.64. The third-order valence-corrected chi connectivity index (χ3v) is 6.68. The number of carbonyl (C=O) groups excluding carboxylic acids is 2. The van der Waals surface area contributed by atoms with E-state index in [0.29, 0.717) is 11.5 Å². The molecule has 2 heterocycles. The van der Waals surface area contributed by atoms with Crippen molar-refractivity contribution in [2.45, 2.75) is 67.3 Å². The molecule has 0 unspecified atom stereocenters. The smallest absolute Gasteiger partial charge is 0.330 e. The molecule has 0 saturated heterocycles. The second-order valence-electron chi connectivity index (χ2n) is 11.4. The third kappa shape index (κ3) is 6.61. The average Bonchev–Trinajstić information content (AvgIpc) is 3.20. The summed E-state index contributed by atoms with van der Waals surface area (Å²) in [6.45, 7) is 14.1. The lowest BCUT2D eigenvalue weighted by atomic mass is 9.95. The van der Waals surface area contributed by atoms with Crippen LogP contribution >= 0.6 is 0 Å². The van der Waals surface area contributed by atoms with Crippen LogP contribution in [0, 0.1) is 18.8 Å². The Balaban J connectivity index is 1.87. The fraction of sp³-hybridized carbons (Fsp3) is 0.517. The summed E-state index contributed by atoms with van der Waals surface area (Å²) in [5.74, 6) is -0.404. The minimum atomic E-state index is -0.735. The third-order valence-electron chi connectivity index (χ3n) is 6.68. The topological polar surface area (TPSA) is 135 Å². The summed E-state index contributed by atoms with van der Waals surface area (Å²) >= 11 is 0. The summed E-state index contributed by atoms with van der Waals surface area (Å²) in [4.78, 5) is 56.9. The van der Waals surface area contributed by atoms with Crippen LogP contribution < -0.4 is 21.9 Å². The van der Waals surface area contributed by atoms with Gasteiger partial charge in [0.1, 0.15) is 11.4 Å². The minimum Gasteiger partial charge on any atom is -0.464 e. The van der Waals surface area contributed by atoms with E-state index in [4.69, 9.17) is 10.2 Å². The van der Waals surface area contributed by atoms with Gasteiger partial charge < -0.3 is 20.0 Å². The number of aromatic amines is 1. The fourth-order valence-electron chi connectivity index (χ4n) is 4.75. The molecule has 0 saturated carbocycles. The number of anilines is 2. The number of hydrogen-bond donors (Lipinski definition) is 2. The number of carbonyl (C=O) groups is 2. The number of amides is 2. The van der Waals surface area contributed by atoms with Crippen molar-refractivity contribution < 1.29 is 14.0 Å². The largest absolute Gasteiger partial charge is 0.464 e. The molecule has 39 heavy (non-hydrogen) atoms. The van der Waals surface area contributed by atoms with Crippen LogP contribution in [-0.2, 0) is 22.6 Å². The van der Waals surface area contributed by atoms with Crippen molar-refractivity contribution in [3.05, 3.63) is 55.9 Å². The van der Waals surface area contributed by atoms with Crippen molar-refractivity contribution in [2.75, 3.05) is 30.8 Å². The Morgan fingerprint density at radius 2 is 1.72 bits per heavy atom. The van der Waals surface area contributed by atoms with Crippen LogP contribution in [-0.4, -0.2) is 46.4 Å². The van der Waals surface area contributed by atoms with E-state index in [1.54, 1.807) is 13.3 Å². The Hall–Kier alpha value is -3.82. The quantitative estimate of drug-likeness (QED) is 0.404. The van der Waals surface area contributed by atoms with Crippen LogP contribution in [0.15, 0.2) is 32.4 Å². The Labute approximate surface area is 228 Å². The first-order valence-electron chi connectivity index (χ1n) is 13.4. The molecule has 10 heteroatoms. The van der Waals surface area contributed by atoms with E-state index in [2.05, 4.69) is 24.9 Å². The van der Waals surface area contributed by atoms with Gasteiger partial charge >= 0.3 is 5.69 Å². The number of aryl methyl sites for hydroxylation is 1. The minimum absolute atomic E-state index is 0.00450. The first kappa shape index (κ1) is 29.7. The maximum Gasteiger partial charge on any atom is 0.330 e. The summed E-state index contributed by atoms with van der Waals surface area (Å²) in [5.41, 5.74) is 8.63. The lowest BCUT2D eigenvalue weighted by molar-refractivity contribution is -0.133. The monoisotopic (exact) mass is 539 g/mol. The number of hydrogen-bond acceptors (Lipinski definition) is 6. The molecular formula is C29H41N5O5. The molecule has 0 atom stereocenters. The second-order valence-corrected chi connectivity index (χ2v) is 11.4. The predicted molar refractivity (Wildman–Crippen MR) is 154 cm³/mol. The van der Waals surface area contributed by atoms with Crippen molar-refractivity contribution in [3.8, 4) is 0 Å². The highest BCUT2D eigenvalue weighted by atomic mass is 16.3. The molecule has 3 N–H and O–H groups in total. The van der Waals surface area contributed by atoms with Crippen LogP contribution in [0.5, 0.6) is 0 Å². The van der Waals surface area contributed by atoms with Gasteiger partial charge in [-0.1, -0.05) is 41.5 Å². The SMILES string of the molecule is Cc1cc2occ(CC(=O)N(C)CC(=O)N(CC(C)C)c3c(N)n(CC(C)C)c(=O)[nH]c3=O)c2cc1C(C)C. The molecule has 1 aromatic carbocycles. The zero-order chi connectivity index (χ0) is 29.2. The molecule has 10 nitrogen and oxygen atoms in total. The first-order valence-corrected chi connectivity index (χ1v) is 13.4. The standard InChI is InChI=1S/C29H41N5O5/c1-16(2)12-33(26-27(30)34(13-17(3)4)29(38)31-28(26)37)25(36)14-32(8)24(35)10-20-15-39-23-9-19(7)21(18(5)6)11-22(20)23/h9,11,15-18H,10,12-14,30H2,1-8H3,(H,31,37,38). The maximum atomic E-state index is 13.5. The van der Waals surface area contributed by atoms with Gasteiger partial charge in [-0.05, 0) is 47.9 Å². The van der Waals surface area contributed by atoms with E-state index >= 15 is 0 Å². The molecule has 2 aromatic heterocycles. The molecule has 3 rings (SSSR count). The van der Waals surface area contributed by atoms with Crippen molar-refractivity contribution in [2.24, 2.45) is 11.8 Å². The lowest BCUT2D eigenvalue weighted by Crippen LogP contribution is -2.47. The fourth-order valence-corrected chi connectivity index (χ4v) is 4.75. The number of nitrogens with zero attached hydrogens (tertiary/aromatic N) is 3. The number of nitrogens with two attached hydrogens (primary N) is 1. The Bertz CT molecular complexity index is 1480. The van der Waals surface area contributed by atoms with Crippen LogP contribution in [0.1, 0.15) is 64.2 Å². The van der Waals surface area contributed by atoms with Gasteiger partial charge in [-0.25, -0.2) is 4.79 Å². The lowest BCUT2D eigenvalue weighted by Gasteiger charge is -2.28. The highest BCUT2D eigenvalue weighted by Gasteiger charge is 2.27. The number of furan rings is 1. The van der Waals surface area contributed by atoms with Gasteiger partial charge in [-0.2, -0.15) is 0 Å². The summed E-state index contributed by atoms with van der Waals surface area (Å²) in [6.07, 6.45) is 1.65. The molecule has 0 spiro atoms. The summed E-state index contributed by atoms with van der Waals surface area (Å²) in [7, 11) is 1.55. The summed E-state index contributed by atoms with van der Waals surface area (Å²) in [5, 5.41) is 0.880. The normalized spacial score (nSPS) is 11.7. The van der Waals surface area contributed by atoms with Crippen molar-refractivity contribution in [3.63, 3.8) is 0 Å². The Morgan fingerprint density at radius 3 is 2.31 bits per heavy atom. The molecule has 0 fully saturated rings. The highest BCUT2D eigenvalue weighted by molar-refractivity contribution is 5.99. The van der Waals surface area contributed by atoms with Gasteiger partial charge in [-0.15, -0.1) is 0 Å². The van der Waals surface area contributed by atoms with E-state index in [-0.39, 0.29) is 55.3 Å². The Morgan fingerprint density at radius 1 is 1.05 bits per heavy atom. The van der Waals surface area contributed by atoms with Crippen molar-refractivity contribution in [1.29, 1.82) is 0 Å². The first-order chi connectivity index (χ1) is 18.2. The molecule has 0 aliphatic carbocycles. The number of likely N-dealkylation sites (N-methyl/N-ethyl adjacent to an activating group) is 1. The number of nitrogens with one attached hydrogen (secondary N) is 1. The van der Waals surface area contributed by atoms with E-state index in [0.717, 1.165) is 16.5 Å². The van der Waals surface area contributed by atoms with Gasteiger partial charge in [0.2, 0.25) is 11.8 Å². The van der Waals surface area contributed by atoms with E-state index in [9.17, 15) is 19.2 Å². The van der Waals surface area contributed by atoms with Gasteiger partial charge in [0.25, 0.3) is 5.56 Å². The summed E-state index contributed by atoms with van der Waals surface area (Å²) < 4.78 is 6.99. The van der Waals surface area contributed by atoms with Crippen molar-refractivity contribution in [1.82, 2.24) is 14.5 Å². The van der Waals surface area contributed by atoms with E-state index in [1.807, 2.05) is 40.7 Å². The number of rotatable bonds is 10. The number of benzene rings is 1. The number of H-pyrrole nitrogens is 1. The number of nitrogen functional groups attached to an aromatic ring is 1. The molecule has 0 aliphatic rings. The van der Waals surface area contributed by atoms with Crippen LogP contribution in [0.2, 0.25) is 0 Å².